The van der Waals surface area contributed by atoms with Crippen molar-refractivity contribution in [2.45, 2.75) is 11.8 Å². The zero-order valence-corrected chi connectivity index (χ0v) is 16.4. The van der Waals surface area contributed by atoms with Gasteiger partial charge in [0, 0.05) is 16.2 Å². The van der Waals surface area contributed by atoms with Crippen molar-refractivity contribution in [1.82, 2.24) is 0 Å². The van der Waals surface area contributed by atoms with Crippen molar-refractivity contribution in [2.24, 2.45) is 0 Å². The molecular weight excluding hydrogens is 370 g/mol. The van der Waals surface area contributed by atoms with Gasteiger partial charge in [-0.2, -0.15) is 0 Å². The van der Waals surface area contributed by atoms with E-state index in [1.807, 2.05) is 55.5 Å². The predicted molar refractivity (Wildman–Crippen MR) is 112 cm³/mol. The van der Waals surface area contributed by atoms with Gasteiger partial charge in [-0.25, -0.2) is 0 Å². The van der Waals surface area contributed by atoms with E-state index in [9.17, 15) is 4.79 Å². The molecule has 0 saturated heterocycles. The number of nitrogens with one attached hydrogen (secondary N) is 1. The first-order chi connectivity index (χ1) is 13.6. The lowest BCUT2D eigenvalue weighted by molar-refractivity contribution is 0.104. The third kappa shape index (κ3) is 3.75. The van der Waals surface area contributed by atoms with Gasteiger partial charge in [-0.1, -0.05) is 30.0 Å². The lowest BCUT2D eigenvalue weighted by Gasteiger charge is -2.22. The number of allylic oxidation sites excluding steroid dienone is 2. The fourth-order valence-electron chi connectivity index (χ4n) is 2.91. The molecule has 0 amide bonds. The summed E-state index contributed by atoms with van der Waals surface area (Å²) in [5.41, 5.74) is 2.44. The Morgan fingerprint density at radius 2 is 1.61 bits per heavy atom. The maximum atomic E-state index is 13.0. The highest BCUT2D eigenvalue weighted by Crippen LogP contribution is 2.43. The third-order valence-electron chi connectivity index (χ3n) is 4.37. The smallest absolute Gasteiger partial charge is 0.201 e. The topological polar surface area (TPSA) is 47.6 Å². The van der Waals surface area contributed by atoms with Gasteiger partial charge in [-0.3, -0.25) is 4.79 Å². The van der Waals surface area contributed by atoms with Crippen LogP contribution in [0.1, 0.15) is 17.3 Å². The van der Waals surface area contributed by atoms with E-state index in [4.69, 9.17) is 9.47 Å². The Balaban J connectivity index is 1.58. The number of carbonyl (C=O) groups is 1. The van der Waals surface area contributed by atoms with E-state index in [2.05, 4.69) is 5.32 Å². The number of Topliss-reactive ketones (excluding diaryl/α,β-unsaturated/α-hetero) is 1. The number of anilines is 1. The number of hydrogen-bond acceptors (Lipinski definition) is 5. The molecule has 1 aliphatic rings. The molecule has 0 atom stereocenters. The molecule has 140 valence electrons. The second-order valence-electron chi connectivity index (χ2n) is 6.31. The lowest BCUT2D eigenvalue weighted by atomic mass is 10.1. The summed E-state index contributed by atoms with van der Waals surface area (Å²) in [6, 6.07) is 22.6. The van der Waals surface area contributed by atoms with Crippen LogP contribution in [0.2, 0.25) is 0 Å². The summed E-state index contributed by atoms with van der Waals surface area (Å²) in [5, 5.41) is 3.33. The number of fused-ring (bicyclic) bond motifs is 1. The molecule has 0 aromatic heterocycles. The average Bonchev–Trinajstić information content (AvgIpc) is 2.74. The summed E-state index contributed by atoms with van der Waals surface area (Å²) in [6.45, 7) is 1.92. The van der Waals surface area contributed by atoms with Gasteiger partial charge in [0.25, 0.3) is 0 Å². The van der Waals surface area contributed by atoms with Crippen LogP contribution in [0.15, 0.2) is 88.3 Å². The van der Waals surface area contributed by atoms with E-state index < -0.39 is 0 Å². The van der Waals surface area contributed by atoms with Crippen LogP contribution in [0, 0.1) is 0 Å². The van der Waals surface area contributed by atoms with Crippen molar-refractivity contribution in [3.63, 3.8) is 0 Å². The Hall–Kier alpha value is -3.18. The summed E-state index contributed by atoms with van der Waals surface area (Å²) in [7, 11) is 1.61. The van der Waals surface area contributed by atoms with E-state index in [0.717, 1.165) is 33.5 Å². The van der Waals surface area contributed by atoms with Crippen molar-refractivity contribution >= 4 is 23.2 Å². The molecule has 0 spiro atoms. The van der Waals surface area contributed by atoms with E-state index in [0.29, 0.717) is 10.5 Å². The minimum Gasteiger partial charge on any atom is -0.497 e. The van der Waals surface area contributed by atoms with Crippen LogP contribution in [-0.4, -0.2) is 12.9 Å². The van der Waals surface area contributed by atoms with Crippen molar-refractivity contribution < 1.29 is 14.3 Å². The molecule has 3 aromatic carbocycles. The predicted octanol–water partition coefficient (Wildman–Crippen LogP) is 6.12. The average molecular weight is 389 g/mol. The highest BCUT2D eigenvalue weighted by Gasteiger charge is 2.23. The van der Waals surface area contributed by atoms with Gasteiger partial charge < -0.3 is 14.8 Å². The van der Waals surface area contributed by atoms with Gasteiger partial charge in [0.2, 0.25) is 5.78 Å². The summed E-state index contributed by atoms with van der Waals surface area (Å²) in [6.07, 6.45) is 0. The summed E-state index contributed by atoms with van der Waals surface area (Å²) < 4.78 is 11.1. The molecule has 1 heterocycles. The number of carbonyl (C=O) groups excluding carboxylic acids is 1. The molecule has 0 bridgehead atoms. The van der Waals surface area contributed by atoms with E-state index in [-0.39, 0.29) is 5.78 Å². The van der Waals surface area contributed by atoms with Crippen molar-refractivity contribution in [3.8, 4) is 17.2 Å². The zero-order chi connectivity index (χ0) is 19.5. The highest BCUT2D eigenvalue weighted by molar-refractivity contribution is 8.04. The van der Waals surface area contributed by atoms with Crippen LogP contribution >= 0.6 is 11.8 Å². The van der Waals surface area contributed by atoms with Crippen molar-refractivity contribution in [2.75, 3.05) is 12.4 Å². The maximum absolute atomic E-state index is 13.0. The first-order valence-electron chi connectivity index (χ1n) is 8.85. The molecule has 1 aliphatic heterocycles. The minimum atomic E-state index is -0.0160. The summed E-state index contributed by atoms with van der Waals surface area (Å²) in [5.74, 6) is 2.22. The van der Waals surface area contributed by atoms with Crippen LogP contribution in [-0.2, 0) is 0 Å². The maximum Gasteiger partial charge on any atom is 0.201 e. The van der Waals surface area contributed by atoms with E-state index in [1.165, 1.54) is 11.8 Å². The van der Waals surface area contributed by atoms with Crippen LogP contribution in [0.5, 0.6) is 17.2 Å². The molecule has 4 nitrogen and oxygen atoms in total. The number of thioether (sulfide) groups is 1. The van der Waals surface area contributed by atoms with Crippen LogP contribution in [0.3, 0.4) is 0 Å². The second-order valence-corrected chi connectivity index (χ2v) is 7.36. The second kappa shape index (κ2) is 7.82. The summed E-state index contributed by atoms with van der Waals surface area (Å²) >= 11 is 1.46. The summed E-state index contributed by atoms with van der Waals surface area (Å²) in [4.78, 5) is 14.6. The first-order valence-corrected chi connectivity index (χ1v) is 9.67. The van der Waals surface area contributed by atoms with Gasteiger partial charge in [0.15, 0.2) is 0 Å². The Bertz CT molecular complexity index is 1040. The lowest BCUT2D eigenvalue weighted by Crippen LogP contribution is -2.12. The molecule has 3 aromatic rings. The molecule has 0 saturated carbocycles. The number of para-hydroxylation sites is 1. The van der Waals surface area contributed by atoms with Gasteiger partial charge >= 0.3 is 0 Å². The van der Waals surface area contributed by atoms with E-state index in [1.54, 1.807) is 31.4 Å². The van der Waals surface area contributed by atoms with Crippen molar-refractivity contribution in [3.05, 3.63) is 89.0 Å². The largest absolute Gasteiger partial charge is 0.497 e. The Morgan fingerprint density at radius 1 is 0.893 bits per heavy atom. The fraction of sp³-hybridized carbons (Fsp3) is 0.0870. The fourth-order valence-corrected chi connectivity index (χ4v) is 3.95. The van der Waals surface area contributed by atoms with E-state index >= 15 is 0 Å². The Kier molecular flexibility index (Phi) is 5.08. The number of ketones is 1. The SMILES string of the molecule is COc1ccc(C(=O)C2=C(C)Nc3ccc(Oc4ccccc4)cc3S2)cc1. The quantitative estimate of drug-likeness (QED) is 0.533. The van der Waals surface area contributed by atoms with Gasteiger partial charge in [-0.05, 0) is 61.5 Å². The monoisotopic (exact) mass is 389 g/mol. The zero-order valence-electron chi connectivity index (χ0n) is 15.6. The molecule has 1 N–H and O–H groups in total. The molecule has 0 radical (unpaired) electrons. The number of hydrogen-bond donors (Lipinski definition) is 1. The molecule has 0 aliphatic carbocycles. The molecule has 0 fully saturated rings. The molecule has 28 heavy (non-hydrogen) atoms. The standard InChI is InChI=1S/C23H19NO3S/c1-15-23(22(25)16-8-10-17(26-2)11-9-16)28-21-14-19(12-13-20(21)24-15)27-18-6-4-3-5-7-18/h3-14,24H,1-2H3. The van der Waals surface area contributed by atoms with Crippen LogP contribution in [0.4, 0.5) is 5.69 Å². The number of rotatable bonds is 5. The van der Waals surface area contributed by atoms with Gasteiger partial charge in [0.1, 0.15) is 17.2 Å². The molecule has 4 rings (SSSR count). The van der Waals surface area contributed by atoms with Gasteiger partial charge in [-0.15, -0.1) is 0 Å². The third-order valence-corrected chi connectivity index (χ3v) is 5.62. The highest BCUT2D eigenvalue weighted by atomic mass is 32.2. The Morgan fingerprint density at radius 3 is 2.32 bits per heavy atom. The number of methoxy groups -OCH3 is 1. The van der Waals surface area contributed by atoms with Crippen LogP contribution < -0.4 is 14.8 Å². The minimum absolute atomic E-state index is 0.0160. The van der Waals surface area contributed by atoms with Crippen molar-refractivity contribution in [1.29, 1.82) is 0 Å². The molecular formula is C23H19NO3S. The number of ether oxygens (including phenoxy) is 2. The normalized spacial score (nSPS) is 12.8. The molecule has 0 unspecified atom stereocenters. The molecule has 5 heteroatoms. The first kappa shape index (κ1) is 18.2. The van der Waals surface area contributed by atoms with Gasteiger partial charge in [0.05, 0.1) is 17.7 Å². The Labute approximate surface area is 168 Å². The number of benzene rings is 3. The van der Waals surface area contributed by atoms with Crippen LogP contribution in [0.25, 0.3) is 0 Å².